The fourth-order valence-corrected chi connectivity index (χ4v) is 2.47. The van der Waals surface area contributed by atoms with Crippen molar-refractivity contribution < 1.29 is 26.3 Å². The van der Waals surface area contributed by atoms with Crippen molar-refractivity contribution in [2.24, 2.45) is 0 Å². The van der Waals surface area contributed by atoms with E-state index in [1.807, 2.05) is 0 Å². The van der Waals surface area contributed by atoms with E-state index in [1.165, 1.54) is 0 Å². The molecule has 0 atom stereocenters. The lowest BCUT2D eigenvalue weighted by Crippen LogP contribution is -2.13. The maximum absolute atomic E-state index is 12.4. The van der Waals surface area contributed by atoms with E-state index in [1.54, 1.807) is 6.92 Å². The van der Waals surface area contributed by atoms with Crippen LogP contribution >= 0.6 is 0 Å². The highest BCUT2D eigenvalue weighted by atomic mass is 32.2. The van der Waals surface area contributed by atoms with Gasteiger partial charge >= 0.3 is 6.18 Å². The summed E-state index contributed by atoms with van der Waals surface area (Å²) in [7, 11) is -3.83. The van der Waals surface area contributed by atoms with Gasteiger partial charge in [-0.3, -0.25) is 0 Å². The third-order valence-corrected chi connectivity index (χ3v) is 3.63. The Balaban J connectivity index is 3.14. The summed E-state index contributed by atoms with van der Waals surface area (Å²) in [5.74, 6) is -0.612. The molecule has 0 aromatic heterocycles. The average molecular weight is 283 g/mol. The van der Waals surface area contributed by atoms with Gasteiger partial charge in [-0.15, -0.1) is 0 Å². The average Bonchev–Trinajstić information content (AvgIpc) is 2.24. The number of halogens is 3. The van der Waals surface area contributed by atoms with Crippen LogP contribution in [0.15, 0.2) is 23.1 Å². The third-order valence-electron chi connectivity index (χ3n) is 2.11. The van der Waals surface area contributed by atoms with Crippen molar-refractivity contribution in [2.75, 3.05) is 18.3 Å². The fraction of sp³-hybridized carbons (Fsp3) is 0.400. The second-order valence-electron chi connectivity index (χ2n) is 3.48. The number of rotatable bonds is 4. The van der Waals surface area contributed by atoms with Crippen LogP contribution in [0.25, 0.3) is 0 Å². The van der Waals surface area contributed by atoms with E-state index in [-0.39, 0.29) is 11.5 Å². The first-order chi connectivity index (χ1) is 8.18. The molecule has 0 spiro atoms. The van der Waals surface area contributed by atoms with Gasteiger partial charge in [-0.05, 0) is 25.1 Å². The van der Waals surface area contributed by atoms with E-state index in [9.17, 15) is 21.6 Å². The highest BCUT2D eigenvalue weighted by Crippen LogP contribution is 2.32. The van der Waals surface area contributed by atoms with Gasteiger partial charge in [0.1, 0.15) is 0 Å². The number of hydrogen-bond acceptors (Lipinski definition) is 4. The van der Waals surface area contributed by atoms with Gasteiger partial charge in [0.25, 0.3) is 0 Å². The minimum atomic E-state index is -4.56. The molecule has 102 valence electrons. The van der Waals surface area contributed by atoms with E-state index in [0.717, 1.165) is 6.07 Å². The summed E-state index contributed by atoms with van der Waals surface area (Å²) < 4.78 is 65.2. The van der Waals surface area contributed by atoms with E-state index in [4.69, 9.17) is 10.5 Å². The molecule has 0 unspecified atom stereocenters. The molecular formula is C10H12F3NO3S. The van der Waals surface area contributed by atoms with Crippen LogP contribution in [0, 0.1) is 0 Å². The van der Waals surface area contributed by atoms with E-state index < -0.39 is 33.2 Å². The molecule has 4 nitrogen and oxygen atoms in total. The number of nitrogens with two attached hydrogens (primary N) is 1. The predicted molar refractivity (Wildman–Crippen MR) is 59.5 cm³/mol. The lowest BCUT2D eigenvalue weighted by Gasteiger charge is -2.11. The zero-order valence-corrected chi connectivity index (χ0v) is 10.3. The Bertz CT molecular complexity index is 526. The van der Waals surface area contributed by atoms with Crippen LogP contribution in [-0.4, -0.2) is 21.0 Å². The number of benzene rings is 1. The fourth-order valence-electron chi connectivity index (χ4n) is 1.26. The number of alkyl halides is 3. The Hall–Kier alpha value is -1.28. The minimum absolute atomic E-state index is 0.180. The summed E-state index contributed by atoms with van der Waals surface area (Å²) >= 11 is 0. The van der Waals surface area contributed by atoms with E-state index in [2.05, 4.69) is 0 Å². The SMILES string of the molecule is CCOCS(=O)(=O)c1ccc(C(F)(F)F)cc1N. The summed E-state index contributed by atoms with van der Waals surface area (Å²) in [5, 5.41) is 0. The second-order valence-corrected chi connectivity index (χ2v) is 5.38. The smallest absolute Gasteiger partial charge is 0.398 e. The quantitative estimate of drug-likeness (QED) is 0.859. The first-order valence-electron chi connectivity index (χ1n) is 4.95. The zero-order valence-electron chi connectivity index (χ0n) is 9.49. The molecule has 0 aliphatic heterocycles. The van der Waals surface area contributed by atoms with Gasteiger partial charge < -0.3 is 10.5 Å². The van der Waals surface area contributed by atoms with Crippen LogP contribution in [0.2, 0.25) is 0 Å². The molecule has 18 heavy (non-hydrogen) atoms. The van der Waals surface area contributed by atoms with E-state index >= 15 is 0 Å². The minimum Gasteiger partial charge on any atom is -0.398 e. The van der Waals surface area contributed by atoms with Gasteiger partial charge in [-0.2, -0.15) is 13.2 Å². The second kappa shape index (κ2) is 5.15. The molecule has 8 heteroatoms. The van der Waals surface area contributed by atoms with Gasteiger partial charge in [-0.1, -0.05) is 0 Å². The molecule has 0 aliphatic rings. The van der Waals surface area contributed by atoms with Gasteiger partial charge in [0, 0.05) is 6.61 Å². The largest absolute Gasteiger partial charge is 0.416 e. The predicted octanol–water partition coefficient (Wildman–Crippen LogP) is 2.06. The molecule has 0 bridgehead atoms. The molecular weight excluding hydrogens is 271 g/mol. The summed E-state index contributed by atoms with van der Waals surface area (Å²) in [5.41, 5.74) is 3.91. The molecule has 0 radical (unpaired) electrons. The first-order valence-corrected chi connectivity index (χ1v) is 6.61. The van der Waals surface area contributed by atoms with Gasteiger partial charge in [-0.25, -0.2) is 8.42 Å². The van der Waals surface area contributed by atoms with Crippen molar-refractivity contribution >= 4 is 15.5 Å². The molecule has 2 N–H and O–H groups in total. The number of anilines is 1. The number of hydrogen-bond donors (Lipinski definition) is 1. The van der Waals surface area contributed by atoms with Crippen LogP contribution in [-0.2, 0) is 20.8 Å². The van der Waals surface area contributed by atoms with E-state index in [0.29, 0.717) is 12.1 Å². The summed E-state index contributed by atoms with van der Waals surface area (Å²) in [4.78, 5) is -0.357. The third kappa shape index (κ3) is 3.36. The van der Waals surface area contributed by atoms with Crippen molar-refractivity contribution in [3.8, 4) is 0 Å². The van der Waals surface area contributed by atoms with Crippen LogP contribution in [0.3, 0.4) is 0 Å². The lowest BCUT2D eigenvalue weighted by atomic mass is 10.2. The number of nitrogen functional groups attached to an aromatic ring is 1. The van der Waals surface area contributed by atoms with Crippen molar-refractivity contribution in [1.29, 1.82) is 0 Å². The maximum atomic E-state index is 12.4. The van der Waals surface area contributed by atoms with Crippen molar-refractivity contribution in [1.82, 2.24) is 0 Å². The molecule has 1 aromatic carbocycles. The van der Waals surface area contributed by atoms with Crippen LogP contribution in [0.4, 0.5) is 18.9 Å². The molecule has 0 saturated heterocycles. The Kier molecular flexibility index (Phi) is 4.23. The van der Waals surface area contributed by atoms with Crippen LogP contribution in [0.1, 0.15) is 12.5 Å². The van der Waals surface area contributed by atoms with Crippen LogP contribution < -0.4 is 5.73 Å². The molecule has 0 fully saturated rings. The normalized spacial score (nSPS) is 12.7. The lowest BCUT2D eigenvalue weighted by molar-refractivity contribution is -0.137. The topological polar surface area (TPSA) is 69.4 Å². The zero-order chi connectivity index (χ0) is 14.0. The summed E-state index contributed by atoms with van der Waals surface area (Å²) in [6, 6.07) is 2.11. The highest BCUT2D eigenvalue weighted by Gasteiger charge is 2.31. The van der Waals surface area contributed by atoms with Gasteiger partial charge in [0.2, 0.25) is 9.84 Å². The maximum Gasteiger partial charge on any atom is 0.416 e. The van der Waals surface area contributed by atoms with Gasteiger partial charge in [0.05, 0.1) is 16.1 Å². The molecule has 0 aliphatic carbocycles. The monoisotopic (exact) mass is 283 g/mol. The summed E-state index contributed by atoms with van der Waals surface area (Å²) in [6.45, 7) is 1.78. The summed E-state index contributed by atoms with van der Waals surface area (Å²) in [6.07, 6.45) is -4.56. The Morgan fingerprint density at radius 3 is 2.39 bits per heavy atom. The first kappa shape index (κ1) is 14.8. The standard InChI is InChI=1S/C10H12F3NO3S/c1-2-17-6-18(15,16)9-4-3-7(5-8(9)14)10(11,12)13/h3-5H,2,6,14H2,1H3. The highest BCUT2D eigenvalue weighted by molar-refractivity contribution is 7.91. The Morgan fingerprint density at radius 1 is 1.33 bits per heavy atom. The van der Waals surface area contributed by atoms with Crippen molar-refractivity contribution in [2.45, 2.75) is 18.0 Å². The molecule has 0 saturated carbocycles. The number of sulfone groups is 1. The Labute approximate surface area is 102 Å². The molecule has 0 heterocycles. The Morgan fingerprint density at radius 2 is 1.94 bits per heavy atom. The van der Waals surface area contributed by atoms with Crippen molar-refractivity contribution in [3.05, 3.63) is 23.8 Å². The molecule has 0 amide bonds. The molecule has 1 aromatic rings. The van der Waals surface area contributed by atoms with Crippen LogP contribution in [0.5, 0.6) is 0 Å². The molecule has 1 rings (SSSR count). The van der Waals surface area contributed by atoms with Crippen molar-refractivity contribution in [3.63, 3.8) is 0 Å². The number of ether oxygens (including phenoxy) is 1. The van der Waals surface area contributed by atoms with Gasteiger partial charge in [0.15, 0.2) is 5.94 Å².